The van der Waals surface area contributed by atoms with Gasteiger partial charge in [0, 0.05) is 12.1 Å². The number of rotatable bonds is 4. The normalized spacial score (nSPS) is 17.4. The molecule has 2 aromatic heterocycles. The summed E-state index contributed by atoms with van der Waals surface area (Å²) in [5.74, 6) is 1.04. The summed E-state index contributed by atoms with van der Waals surface area (Å²) in [7, 11) is 0. The van der Waals surface area contributed by atoms with Crippen LogP contribution in [0.3, 0.4) is 0 Å². The number of fused-ring (bicyclic) bond motifs is 1. The number of aliphatic imine (C=N–C) groups is 1. The highest BCUT2D eigenvalue weighted by Crippen LogP contribution is 2.33. The van der Waals surface area contributed by atoms with Crippen LogP contribution in [0, 0.1) is 6.92 Å². The van der Waals surface area contributed by atoms with E-state index >= 15 is 0 Å². The lowest BCUT2D eigenvalue weighted by Crippen LogP contribution is -2.37. The van der Waals surface area contributed by atoms with E-state index in [1.54, 1.807) is 5.51 Å². The highest BCUT2D eigenvalue weighted by Gasteiger charge is 2.31. The predicted octanol–water partition coefficient (Wildman–Crippen LogP) is 3.82. The molecule has 32 heavy (non-hydrogen) atoms. The number of guanidine groups is 1. The zero-order chi connectivity index (χ0) is 22.1. The second-order valence-corrected chi connectivity index (χ2v) is 8.33. The van der Waals surface area contributed by atoms with E-state index < -0.39 is 6.04 Å². The molecule has 3 aromatic rings. The summed E-state index contributed by atoms with van der Waals surface area (Å²) in [5.41, 5.74) is 5.55. The second-order valence-electron chi connectivity index (χ2n) is 7.49. The first kappa shape index (κ1) is 20.1. The van der Waals surface area contributed by atoms with Gasteiger partial charge in [0.05, 0.1) is 5.57 Å². The zero-order valence-electron chi connectivity index (χ0n) is 17.5. The van der Waals surface area contributed by atoms with Crippen molar-refractivity contribution in [3.63, 3.8) is 0 Å². The Bertz CT molecular complexity index is 1260. The van der Waals surface area contributed by atoms with Crippen LogP contribution in [-0.2, 0) is 11.2 Å². The molecule has 9 nitrogen and oxygen atoms in total. The Kier molecular flexibility index (Phi) is 5.28. The molecule has 0 saturated heterocycles. The van der Waals surface area contributed by atoms with Crippen LogP contribution < -0.4 is 16.0 Å². The molecular weight excluding hydrogens is 426 g/mol. The van der Waals surface area contributed by atoms with Gasteiger partial charge in [-0.2, -0.15) is 4.98 Å². The largest absolute Gasteiger partial charge is 0.428 e. The molecule has 0 fully saturated rings. The molecular formula is C22H21N7O2S. The number of carbonyl (C=O) groups excluding carboxylic acids is 1. The van der Waals surface area contributed by atoms with Gasteiger partial charge in [0.2, 0.25) is 11.1 Å². The predicted molar refractivity (Wildman–Crippen MR) is 123 cm³/mol. The monoisotopic (exact) mass is 447 g/mol. The first-order valence-corrected chi connectivity index (χ1v) is 11.1. The average Bonchev–Trinajstić information content (AvgIpc) is 3.42. The van der Waals surface area contributed by atoms with Crippen LogP contribution in [0.5, 0.6) is 0 Å². The van der Waals surface area contributed by atoms with E-state index in [1.807, 2.05) is 44.2 Å². The number of amides is 1. The molecule has 1 aliphatic heterocycles. The molecule has 0 saturated carbocycles. The Morgan fingerprint density at radius 1 is 1.28 bits per heavy atom. The van der Waals surface area contributed by atoms with Gasteiger partial charge in [-0.1, -0.05) is 41.7 Å². The zero-order valence-corrected chi connectivity index (χ0v) is 18.4. The van der Waals surface area contributed by atoms with Crippen LogP contribution >= 0.6 is 11.3 Å². The van der Waals surface area contributed by atoms with Gasteiger partial charge < -0.3 is 9.73 Å². The van der Waals surface area contributed by atoms with Gasteiger partial charge in [0.1, 0.15) is 23.0 Å². The van der Waals surface area contributed by atoms with Crippen LogP contribution in [0.15, 0.2) is 56.5 Å². The Hall–Kier alpha value is -3.79. The summed E-state index contributed by atoms with van der Waals surface area (Å²) in [6.45, 7) is 3.85. The molecule has 1 unspecified atom stereocenters. The Morgan fingerprint density at radius 2 is 2.16 bits per heavy atom. The minimum absolute atomic E-state index is 0.278. The number of hydrogen-bond donors (Lipinski definition) is 3. The minimum Gasteiger partial charge on any atom is -0.428 e. The SMILES string of the molecule is CC1=C(C(=O)Nc2nncs2)C(c2ccccc2C)N=C(Nc2nc3c(o2)CCC=C3)N1. The highest BCUT2D eigenvalue weighted by molar-refractivity contribution is 7.13. The van der Waals surface area contributed by atoms with Crippen LogP contribution in [-0.4, -0.2) is 27.0 Å². The van der Waals surface area contributed by atoms with Crippen molar-refractivity contribution in [2.24, 2.45) is 4.99 Å². The van der Waals surface area contributed by atoms with Gasteiger partial charge >= 0.3 is 6.01 Å². The summed E-state index contributed by atoms with van der Waals surface area (Å²) >= 11 is 1.26. The Labute approximate surface area is 188 Å². The van der Waals surface area contributed by atoms with Crippen molar-refractivity contribution >= 4 is 40.4 Å². The molecule has 0 bridgehead atoms. The number of hydrogen-bond acceptors (Lipinski definition) is 9. The number of allylic oxidation sites excluding steroid dienone is 2. The van der Waals surface area contributed by atoms with Crippen molar-refractivity contribution in [1.29, 1.82) is 0 Å². The quantitative estimate of drug-likeness (QED) is 0.556. The van der Waals surface area contributed by atoms with Crippen molar-refractivity contribution < 1.29 is 9.21 Å². The number of nitrogens with zero attached hydrogens (tertiary/aromatic N) is 4. The minimum atomic E-state index is -0.516. The van der Waals surface area contributed by atoms with Crippen molar-refractivity contribution in [2.45, 2.75) is 32.7 Å². The topological polar surface area (TPSA) is 117 Å². The molecule has 2 aliphatic rings. The fourth-order valence-corrected chi connectivity index (χ4v) is 4.22. The summed E-state index contributed by atoms with van der Waals surface area (Å²) in [6.07, 6.45) is 5.79. The lowest BCUT2D eigenvalue weighted by atomic mass is 9.92. The fourth-order valence-electron chi connectivity index (χ4n) is 3.78. The van der Waals surface area contributed by atoms with Crippen LogP contribution in [0.25, 0.3) is 6.08 Å². The van der Waals surface area contributed by atoms with Gasteiger partial charge in [-0.3, -0.25) is 15.4 Å². The number of aryl methyl sites for hydroxylation is 2. The molecule has 0 spiro atoms. The van der Waals surface area contributed by atoms with Crippen LogP contribution in [0.1, 0.15) is 42.0 Å². The standard InChI is InChI=1S/C22H21N7O2S/c1-12-7-3-4-8-14(12)18-17(19(30)27-22-29-23-11-32-22)13(2)24-20(26-18)28-21-25-15-9-5-6-10-16(15)31-21/h3-5,7-9,11,18H,6,10H2,1-2H3,(H,27,29,30)(H2,24,25,26,28). The molecule has 1 aliphatic carbocycles. The summed E-state index contributed by atoms with van der Waals surface area (Å²) in [4.78, 5) is 22.5. The first-order chi connectivity index (χ1) is 15.6. The maximum atomic E-state index is 13.2. The van der Waals surface area contributed by atoms with Crippen molar-refractivity contribution in [3.05, 3.63) is 69.7 Å². The van der Waals surface area contributed by atoms with Crippen molar-refractivity contribution in [2.75, 3.05) is 10.6 Å². The molecule has 1 atom stereocenters. The lowest BCUT2D eigenvalue weighted by Gasteiger charge is -2.27. The highest BCUT2D eigenvalue weighted by atomic mass is 32.1. The molecule has 3 N–H and O–H groups in total. The molecule has 0 radical (unpaired) electrons. The number of carbonyl (C=O) groups is 1. The second kappa shape index (κ2) is 8.39. The lowest BCUT2D eigenvalue weighted by molar-refractivity contribution is -0.113. The van der Waals surface area contributed by atoms with E-state index in [0.29, 0.717) is 28.4 Å². The van der Waals surface area contributed by atoms with Crippen LogP contribution in [0.4, 0.5) is 11.1 Å². The maximum Gasteiger partial charge on any atom is 0.302 e. The van der Waals surface area contributed by atoms with Gasteiger partial charge in [-0.25, -0.2) is 4.99 Å². The third-order valence-electron chi connectivity index (χ3n) is 5.32. The smallest absolute Gasteiger partial charge is 0.302 e. The maximum absolute atomic E-state index is 13.2. The average molecular weight is 448 g/mol. The van der Waals surface area contributed by atoms with E-state index in [-0.39, 0.29) is 5.91 Å². The molecule has 1 aromatic carbocycles. The number of oxazole rings is 1. The Balaban J connectivity index is 1.48. The van der Waals surface area contributed by atoms with Gasteiger partial charge in [-0.15, -0.1) is 10.2 Å². The molecule has 3 heterocycles. The third-order valence-corrected chi connectivity index (χ3v) is 5.92. The van der Waals surface area contributed by atoms with Gasteiger partial charge in [0.15, 0.2) is 0 Å². The van der Waals surface area contributed by atoms with E-state index in [2.05, 4.69) is 37.2 Å². The fraction of sp³-hybridized carbons (Fsp3) is 0.227. The van der Waals surface area contributed by atoms with E-state index in [1.165, 1.54) is 11.3 Å². The molecule has 5 rings (SSSR count). The first-order valence-electron chi connectivity index (χ1n) is 10.2. The van der Waals surface area contributed by atoms with E-state index in [9.17, 15) is 4.79 Å². The number of benzene rings is 1. The summed E-state index contributed by atoms with van der Waals surface area (Å²) in [6, 6.07) is 7.74. The number of aromatic nitrogens is 3. The number of anilines is 2. The molecule has 162 valence electrons. The molecule has 1 amide bonds. The van der Waals surface area contributed by atoms with Crippen molar-refractivity contribution in [1.82, 2.24) is 20.5 Å². The number of nitrogens with one attached hydrogen (secondary N) is 3. The van der Waals surface area contributed by atoms with E-state index in [4.69, 9.17) is 9.41 Å². The third kappa shape index (κ3) is 3.92. The molecule has 10 heteroatoms. The summed E-state index contributed by atoms with van der Waals surface area (Å²) in [5, 5.41) is 17.3. The van der Waals surface area contributed by atoms with E-state index in [0.717, 1.165) is 35.4 Å². The van der Waals surface area contributed by atoms with Gasteiger partial charge in [0.25, 0.3) is 5.91 Å². The van der Waals surface area contributed by atoms with Crippen molar-refractivity contribution in [3.8, 4) is 0 Å². The summed E-state index contributed by atoms with van der Waals surface area (Å²) < 4.78 is 5.85. The van der Waals surface area contributed by atoms with Gasteiger partial charge in [-0.05, 0) is 37.5 Å². The Morgan fingerprint density at radius 3 is 2.94 bits per heavy atom. The van der Waals surface area contributed by atoms with Crippen LogP contribution in [0.2, 0.25) is 0 Å².